The summed E-state index contributed by atoms with van der Waals surface area (Å²) < 4.78 is 0. The standard InChI is InChI=1S/C32H35NO/c1-23-8-7-11-27(14-12-23)28-17-15-26(16-18-28)24(2)13-19-32(34)25(3)30-20-21-33-22-31(30)29-9-5-4-6-10-29/h4-6,9-10,13,15-24,27H,3,7-8,11-12,14H2,1-2H3. The van der Waals surface area contributed by atoms with Gasteiger partial charge in [0.25, 0.3) is 0 Å². The van der Waals surface area contributed by atoms with Gasteiger partial charge in [-0.05, 0) is 65.0 Å². The molecule has 2 nitrogen and oxygen atoms in total. The minimum absolute atomic E-state index is 0.0700. The highest BCUT2D eigenvalue weighted by atomic mass is 16.1. The fourth-order valence-corrected chi connectivity index (χ4v) is 4.97. The maximum Gasteiger partial charge on any atom is 0.185 e. The van der Waals surface area contributed by atoms with Gasteiger partial charge in [-0.25, -0.2) is 0 Å². The molecule has 1 fully saturated rings. The molecule has 4 rings (SSSR count). The van der Waals surface area contributed by atoms with E-state index in [2.05, 4.69) is 49.7 Å². The summed E-state index contributed by atoms with van der Waals surface area (Å²) in [6, 6.07) is 20.9. The van der Waals surface area contributed by atoms with Gasteiger partial charge in [-0.3, -0.25) is 9.78 Å². The van der Waals surface area contributed by atoms with Crippen LogP contribution in [0, 0.1) is 5.92 Å². The number of allylic oxidation sites excluding steroid dienone is 3. The zero-order valence-corrected chi connectivity index (χ0v) is 20.4. The van der Waals surface area contributed by atoms with Gasteiger partial charge >= 0.3 is 0 Å². The van der Waals surface area contributed by atoms with Crippen LogP contribution in [0.4, 0.5) is 0 Å². The number of hydrogen-bond acceptors (Lipinski definition) is 2. The molecule has 1 aliphatic carbocycles. The number of pyridine rings is 1. The molecular formula is C32H35NO. The summed E-state index contributed by atoms with van der Waals surface area (Å²) in [7, 11) is 0. The molecule has 0 spiro atoms. The largest absolute Gasteiger partial charge is 0.289 e. The molecule has 1 heterocycles. The summed E-state index contributed by atoms with van der Waals surface area (Å²) in [5.74, 6) is 1.64. The van der Waals surface area contributed by atoms with Gasteiger partial charge in [0.15, 0.2) is 5.78 Å². The Balaban J connectivity index is 1.43. The van der Waals surface area contributed by atoms with Crippen LogP contribution < -0.4 is 0 Å². The fraction of sp³-hybridized carbons (Fsp3) is 0.312. The van der Waals surface area contributed by atoms with Crippen LogP contribution in [0.3, 0.4) is 0 Å². The Bertz CT molecular complexity index is 1140. The van der Waals surface area contributed by atoms with Crippen molar-refractivity contribution in [1.82, 2.24) is 4.98 Å². The third-order valence-electron chi connectivity index (χ3n) is 7.26. The molecule has 0 N–H and O–H groups in total. The van der Waals surface area contributed by atoms with Gasteiger partial charge in [-0.1, -0.05) is 100 Å². The molecule has 0 bridgehead atoms. The SMILES string of the molecule is C=C(C(=O)C=CC(C)c1ccc(C2CCCC(C)CC2)cc1)c1ccncc1-c1ccccc1. The van der Waals surface area contributed by atoms with Crippen molar-refractivity contribution in [3.8, 4) is 11.1 Å². The predicted octanol–water partition coefficient (Wildman–Crippen LogP) is 8.37. The van der Waals surface area contributed by atoms with Crippen LogP contribution >= 0.6 is 0 Å². The van der Waals surface area contributed by atoms with E-state index in [-0.39, 0.29) is 11.7 Å². The van der Waals surface area contributed by atoms with E-state index < -0.39 is 0 Å². The molecule has 0 saturated heterocycles. The lowest BCUT2D eigenvalue weighted by Crippen LogP contribution is -2.01. The summed E-state index contributed by atoms with van der Waals surface area (Å²) in [6.45, 7) is 8.63. The van der Waals surface area contributed by atoms with Crippen LogP contribution in [0.2, 0.25) is 0 Å². The highest BCUT2D eigenvalue weighted by molar-refractivity contribution is 6.26. The molecule has 2 aromatic carbocycles. The molecule has 0 aliphatic heterocycles. The quantitative estimate of drug-likeness (QED) is 0.268. The number of rotatable bonds is 7. The molecule has 3 atom stereocenters. The summed E-state index contributed by atoms with van der Waals surface area (Å²) in [4.78, 5) is 17.2. The average molecular weight is 450 g/mol. The van der Waals surface area contributed by atoms with E-state index in [9.17, 15) is 4.79 Å². The lowest BCUT2D eigenvalue weighted by molar-refractivity contribution is -0.109. The molecule has 2 heteroatoms. The van der Waals surface area contributed by atoms with Crippen LogP contribution in [-0.4, -0.2) is 10.8 Å². The van der Waals surface area contributed by atoms with Crippen molar-refractivity contribution in [3.63, 3.8) is 0 Å². The molecule has 0 amide bonds. The van der Waals surface area contributed by atoms with E-state index in [0.717, 1.165) is 22.6 Å². The zero-order valence-electron chi connectivity index (χ0n) is 20.4. The number of hydrogen-bond donors (Lipinski definition) is 0. The lowest BCUT2D eigenvalue weighted by atomic mass is 9.89. The van der Waals surface area contributed by atoms with Crippen molar-refractivity contribution in [2.45, 2.75) is 57.8 Å². The third kappa shape index (κ3) is 5.80. The Kier molecular flexibility index (Phi) is 7.90. The van der Waals surface area contributed by atoms with Crippen LogP contribution in [-0.2, 0) is 4.79 Å². The molecule has 0 radical (unpaired) electrons. The Morgan fingerprint density at radius 3 is 2.53 bits per heavy atom. The van der Waals surface area contributed by atoms with E-state index in [1.165, 1.54) is 43.2 Å². The Labute approximate surface area is 204 Å². The van der Waals surface area contributed by atoms with Crippen molar-refractivity contribution in [2.75, 3.05) is 0 Å². The highest BCUT2D eigenvalue weighted by Crippen LogP contribution is 2.34. The Morgan fingerprint density at radius 2 is 1.76 bits per heavy atom. The number of aromatic nitrogens is 1. The van der Waals surface area contributed by atoms with E-state index in [1.54, 1.807) is 18.5 Å². The molecule has 1 aliphatic rings. The summed E-state index contributed by atoms with van der Waals surface area (Å²) in [5.41, 5.74) is 5.96. The zero-order chi connectivity index (χ0) is 23.9. The van der Waals surface area contributed by atoms with E-state index in [0.29, 0.717) is 11.5 Å². The topological polar surface area (TPSA) is 30.0 Å². The number of nitrogens with zero attached hydrogens (tertiary/aromatic N) is 1. The molecule has 1 saturated carbocycles. The summed E-state index contributed by atoms with van der Waals surface area (Å²) in [6.07, 6.45) is 13.8. The van der Waals surface area contributed by atoms with Gasteiger partial charge in [0, 0.05) is 23.5 Å². The Morgan fingerprint density at radius 1 is 1.00 bits per heavy atom. The number of carbonyl (C=O) groups excluding carboxylic acids is 1. The van der Waals surface area contributed by atoms with Crippen molar-refractivity contribution >= 4 is 11.4 Å². The fourth-order valence-electron chi connectivity index (χ4n) is 4.97. The van der Waals surface area contributed by atoms with Crippen LogP contribution in [0.15, 0.2) is 91.8 Å². The molecule has 3 aromatic rings. The third-order valence-corrected chi connectivity index (χ3v) is 7.26. The first-order valence-electron chi connectivity index (χ1n) is 12.5. The predicted molar refractivity (Wildman–Crippen MR) is 143 cm³/mol. The average Bonchev–Trinajstić information content (AvgIpc) is 3.11. The number of benzene rings is 2. The van der Waals surface area contributed by atoms with Crippen molar-refractivity contribution in [1.29, 1.82) is 0 Å². The maximum absolute atomic E-state index is 13.0. The highest BCUT2D eigenvalue weighted by Gasteiger charge is 2.18. The molecular weight excluding hydrogens is 414 g/mol. The van der Waals surface area contributed by atoms with Gasteiger partial charge in [-0.15, -0.1) is 0 Å². The Hall–Kier alpha value is -3.26. The van der Waals surface area contributed by atoms with E-state index in [1.807, 2.05) is 42.5 Å². The minimum atomic E-state index is -0.0700. The lowest BCUT2D eigenvalue weighted by Gasteiger charge is -2.16. The normalized spacial score (nSPS) is 19.5. The number of carbonyl (C=O) groups is 1. The maximum atomic E-state index is 13.0. The smallest absolute Gasteiger partial charge is 0.185 e. The van der Waals surface area contributed by atoms with Gasteiger partial charge in [0.2, 0.25) is 0 Å². The van der Waals surface area contributed by atoms with Crippen molar-refractivity contribution in [2.24, 2.45) is 5.92 Å². The second-order valence-electron chi connectivity index (χ2n) is 9.75. The van der Waals surface area contributed by atoms with E-state index >= 15 is 0 Å². The van der Waals surface area contributed by atoms with Crippen molar-refractivity contribution < 1.29 is 4.79 Å². The monoisotopic (exact) mass is 449 g/mol. The van der Waals surface area contributed by atoms with Gasteiger partial charge in [0.1, 0.15) is 0 Å². The second-order valence-corrected chi connectivity index (χ2v) is 9.75. The summed E-state index contributed by atoms with van der Waals surface area (Å²) >= 11 is 0. The first kappa shape index (κ1) is 23.9. The molecule has 34 heavy (non-hydrogen) atoms. The molecule has 174 valence electrons. The van der Waals surface area contributed by atoms with Crippen LogP contribution in [0.1, 0.15) is 74.5 Å². The second kappa shape index (κ2) is 11.2. The first-order chi connectivity index (χ1) is 16.5. The van der Waals surface area contributed by atoms with Gasteiger partial charge in [0.05, 0.1) is 0 Å². The van der Waals surface area contributed by atoms with Crippen molar-refractivity contribution in [3.05, 3.63) is 108 Å². The molecule has 3 unspecified atom stereocenters. The van der Waals surface area contributed by atoms with Crippen LogP contribution in [0.25, 0.3) is 16.7 Å². The first-order valence-corrected chi connectivity index (χ1v) is 12.5. The number of ketones is 1. The van der Waals surface area contributed by atoms with Gasteiger partial charge < -0.3 is 0 Å². The summed E-state index contributed by atoms with van der Waals surface area (Å²) in [5, 5.41) is 0. The minimum Gasteiger partial charge on any atom is -0.289 e. The van der Waals surface area contributed by atoms with E-state index in [4.69, 9.17) is 0 Å². The van der Waals surface area contributed by atoms with Gasteiger partial charge in [-0.2, -0.15) is 0 Å². The molecule has 1 aromatic heterocycles. The van der Waals surface area contributed by atoms with Crippen LogP contribution in [0.5, 0.6) is 0 Å².